The number of hydrogen-bond acceptors (Lipinski definition) is 5. The highest BCUT2D eigenvalue weighted by Gasteiger charge is 2.11. The van der Waals surface area contributed by atoms with Crippen molar-refractivity contribution < 1.29 is 19.1 Å². The number of para-hydroxylation sites is 1. The summed E-state index contributed by atoms with van der Waals surface area (Å²) in [5, 5.41) is 6.33. The van der Waals surface area contributed by atoms with Crippen LogP contribution in [0.15, 0.2) is 53.6 Å². The second kappa shape index (κ2) is 11.5. The lowest BCUT2D eigenvalue weighted by Gasteiger charge is -2.09. The minimum atomic E-state index is -0.827. The molecule has 2 rings (SSSR count). The van der Waals surface area contributed by atoms with Crippen molar-refractivity contribution in [2.45, 2.75) is 20.0 Å². The highest BCUT2D eigenvalue weighted by atomic mass is 16.5. The number of benzene rings is 2. The maximum atomic E-state index is 11.7. The van der Waals surface area contributed by atoms with Gasteiger partial charge in [0.1, 0.15) is 12.4 Å². The van der Waals surface area contributed by atoms with E-state index in [0.717, 1.165) is 5.56 Å². The van der Waals surface area contributed by atoms with Gasteiger partial charge in [0.25, 0.3) is 0 Å². The summed E-state index contributed by atoms with van der Waals surface area (Å²) < 4.78 is 10.7. The summed E-state index contributed by atoms with van der Waals surface area (Å²) in [6.45, 7) is 3.32. The number of carbonyl (C=O) groups excluding carboxylic acids is 2. The zero-order valence-electron chi connectivity index (χ0n) is 16.1. The molecule has 7 nitrogen and oxygen atoms in total. The Labute approximate surface area is 164 Å². The predicted molar refractivity (Wildman–Crippen MR) is 107 cm³/mol. The first kappa shape index (κ1) is 21.1. The molecule has 0 unspecified atom stereocenters. The Morgan fingerprint density at radius 2 is 1.82 bits per heavy atom. The lowest BCUT2D eigenvalue weighted by atomic mass is 10.1. The van der Waals surface area contributed by atoms with E-state index in [9.17, 15) is 9.59 Å². The van der Waals surface area contributed by atoms with Crippen LogP contribution in [0.2, 0.25) is 0 Å². The van der Waals surface area contributed by atoms with Gasteiger partial charge in [0.05, 0.1) is 6.21 Å². The van der Waals surface area contributed by atoms with Crippen molar-refractivity contribution in [1.82, 2.24) is 10.7 Å². The van der Waals surface area contributed by atoms with Crippen molar-refractivity contribution in [3.05, 3.63) is 65.2 Å². The molecular weight excluding hydrogens is 358 g/mol. The molecule has 148 valence electrons. The lowest BCUT2D eigenvalue weighted by molar-refractivity contribution is -0.139. The molecule has 2 N–H and O–H groups in total. The molecule has 0 atom stereocenters. The fraction of sp³-hybridized carbons (Fsp3) is 0.286. The largest absolute Gasteiger partial charge is 0.488 e. The van der Waals surface area contributed by atoms with Crippen LogP contribution in [0.1, 0.15) is 23.1 Å². The van der Waals surface area contributed by atoms with E-state index in [1.165, 1.54) is 11.8 Å². The summed E-state index contributed by atoms with van der Waals surface area (Å²) in [4.78, 5) is 23.4. The predicted octanol–water partition coefficient (Wildman–Crippen LogP) is 2.18. The van der Waals surface area contributed by atoms with E-state index >= 15 is 0 Å². The third-order valence-corrected chi connectivity index (χ3v) is 3.82. The number of aryl methyl sites for hydroxylation is 1. The van der Waals surface area contributed by atoms with E-state index in [2.05, 4.69) is 15.8 Å². The smallest absolute Gasteiger partial charge is 0.329 e. The molecule has 0 radical (unpaired) electrons. The van der Waals surface area contributed by atoms with Crippen LogP contribution in [0, 0.1) is 6.92 Å². The fourth-order valence-electron chi connectivity index (χ4n) is 2.27. The minimum absolute atomic E-state index is 0.361. The van der Waals surface area contributed by atoms with Gasteiger partial charge in [-0.1, -0.05) is 42.0 Å². The zero-order chi connectivity index (χ0) is 20.2. The second-order valence-electron chi connectivity index (χ2n) is 6.11. The van der Waals surface area contributed by atoms with Crippen molar-refractivity contribution in [1.29, 1.82) is 0 Å². The molecule has 0 saturated heterocycles. The number of amides is 2. The number of carbonyl (C=O) groups is 2. The van der Waals surface area contributed by atoms with Crippen molar-refractivity contribution in [2.75, 3.05) is 20.3 Å². The van der Waals surface area contributed by atoms with Gasteiger partial charge in [-0.15, -0.1) is 0 Å². The Hall–Kier alpha value is -3.19. The third-order valence-electron chi connectivity index (χ3n) is 3.82. The molecule has 0 heterocycles. The molecule has 0 aliphatic rings. The average Bonchev–Trinajstić information content (AvgIpc) is 2.71. The molecule has 2 amide bonds. The summed E-state index contributed by atoms with van der Waals surface area (Å²) in [5.74, 6) is -0.936. The zero-order valence-corrected chi connectivity index (χ0v) is 16.1. The van der Waals surface area contributed by atoms with Gasteiger partial charge in [0, 0.05) is 25.8 Å². The van der Waals surface area contributed by atoms with Crippen molar-refractivity contribution in [2.24, 2.45) is 5.10 Å². The van der Waals surface area contributed by atoms with E-state index in [4.69, 9.17) is 9.47 Å². The monoisotopic (exact) mass is 383 g/mol. The van der Waals surface area contributed by atoms with Crippen LogP contribution >= 0.6 is 0 Å². The number of methoxy groups -OCH3 is 1. The molecule has 0 saturated carbocycles. The van der Waals surface area contributed by atoms with E-state index < -0.39 is 11.8 Å². The quantitative estimate of drug-likeness (QED) is 0.301. The van der Waals surface area contributed by atoms with Crippen molar-refractivity contribution in [3.63, 3.8) is 0 Å². The Balaban J connectivity index is 1.86. The number of ether oxygens (including phenoxy) is 2. The van der Waals surface area contributed by atoms with Crippen LogP contribution in [0.25, 0.3) is 0 Å². The van der Waals surface area contributed by atoms with Crippen LogP contribution in [-0.4, -0.2) is 38.3 Å². The number of nitrogens with one attached hydrogen (secondary N) is 2. The summed E-state index contributed by atoms with van der Waals surface area (Å²) >= 11 is 0. The van der Waals surface area contributed by atoms with E-state index in [1.54, 1.807) is 7.11 Å². The number of hydrazone groups is 1. The molecule has 0 bridgehead atoms. The highest BCUT2D eigenvalue weighted by molar-refractivity contribution is 6.35. The highest BCUT2D eigenvalue weighted by Crippen LogP contribution is 2.17. The summed E-state index contributed by atoms with van der Waals surface area (Å²) in [5.41, 5.74) is 5.14. The Morgan fingerprint density at radius 3 is 2.57 bits per heavy atom. The Kier molecular flexibility index (Phi) is 8.68. The molecule has 0 aromatic heterocycles. The topological polar surface area (TPSA) is 89.0 Å². The van der Waals surface area contributed by atoms with Crippen LogP contribution < -0.4 is 15.5 Å². The van der Waals surface area contributed by atoms with Crippen molar-refractivity contribution in [3.8, 4) is 5.75 Å². The van der Waals surface area contributed by atoms with E-state index in [1.807, 2.05) is 55.5 Å². The average molecular weight is 383 g/mol. The van der Waals surface area contributed by atoms with Gasteiger partial charge < -0.3 is 14.8 Å². The second-order valence-corrected chi connectivity index (χ2v) is 6.11. The molecule has 2 aromatic carbocycles. The van der Waals surface area contributed by atoms with Gasteiger partial charge in [-0.05, 0) is 31.0 Å². The molecule has 0 aliphatic heterocycles. The molecule has 0 aliphatic carbocycles. The fourth-order valence-corrected chi connectivity index (χ4v) is 2.27. The molecule has 28 heavy (non-hydrogen) atoms. The number of rotatable bonds is 9. The Bertz CT molecular complexity index is 804. The number of nitrogens with zero attached hydrogens (tertiary/aromatic N) is 1. The van der Waals surface area contributed by atoms with Gasteiger partial charge in [0.15, 0.2) is 0 Å². The van der Waals surface area contributed by atoms with Gasteiger partial charge >= 0.3 is 11.8 Å². The normalized spacial score (nSPS) is 10.6. The first-order chi connectivity index (χ1) is 13.6. The van der Waals surface area contributed by atoms with Gasteiger partial charge in [-0.25, -0.2) is 5.43 Å². The van der Waals surface area contributed by atoms with Crippen LogP contribution in [-0.2, 0) is 20.9 Å². The molecule has 2 aromatic rings. The summed E-state index contributed by atoms with van der Waals surface area (Å²) in [6, 6.07) is 15.4. The maximum Gasteiger partial charge on any atom is 0.329 e. The van der Waals surface area contributed by atoms with Gasteiger partial charge in [-0.3, -0.25) is 9.59 Å². The first-order valence-corrected chi connectivity index (χ1v) is 8.97. The van der Waals surface area contributed by atoms with Crippen LogP contribution in [0.5, 0.6) is 5.75 Å². The standard InChI is InChI=1S/C21H25N3O4/c1-16-8-10-17(11-9-16)15-28-19-7-4-3-6-18(19)14-23-24-21(26)20(25)22-12-5-13-27-2/h3-4,6-11,14H,5,12-13,15H2,1-2H3,(H,22,25)(H,24,26)/b23-14-. The van der Waals surface area contributed by atoms with Crippen LogP contribution in [0.3, 0.4) is 0 Å². The first-order valence-electron chi connectivity index (χ1n) is 8.97. The van der Waals surface area contributed by atoms with E-state index in [0.29, 0.717) is 37.5 Å². The van der Waals surface area contributed by atoms with Gasteiger partial charge in [-0.2, -0.15) is 5.10 Å². The molecular formula is C21H25N3O4. The molecule has 0 spiro atoms. The lowest BCUT2D eigenvalue weighted by Crippen LogP contribution is -2.38. The minimum Gasteiger partial charge on any atom is -0.488 e. The SMILES string of the molecule is COCCCNC(=O)C(=O)N/N=C\c1ccccc1OCc1ccc(C)cc1. The molecule has 7 heteroatoms. The maximum absolute atomic E-state index is 11.7. The number of hydrogen-bond donors (Lipinski definition) is 2. The van der Waals surface area contributed by atoms with E-state index in [-0.39, 0.29) is 0 Å². The van der Waals surface area contributed by atoms with Gasteiger partial charge in [0.2, 0.25) is 0 Å². The summed E-state index contributed by atoms with van der Waals surface area (Å²) in [6.07, 6.45) is 2.07. The molecule has 0 fully saturated rings. The summed E-state index contributed by atoms with van der Waals surface area (Å²) in [7, 11) is 1.57. The third kappa shape index (κ3) is 7.20. The van der Waals surface area contributed by atoms with Crippen LogP contribution in [0.4, 0.5) is 0 Å². The Morgan fingerprint density at radius 1 is 1.07 bits per heavy atom. The van der Waals surface area contributed by atoms with Crippen molar-refractivity contribution >= 4 is 18.0 Å².